The zero-order valence-corrected chi connectivity index (χ0v) is 15.5. The number of nitrogens with zero attached hydrogens (tertiary/aromatic N) is 1. The fraction of sp³-hybridized carbons (Fsp3) is 0.562. The van der Waals surface area contributed by atoms with E-state index in [1.165, 1.54) is 0 Å². The molecular weight excluding hydrogens is 293 g/mol. The van der Waals surface area contributed by atoms with Gasteiger partial charge in [0.15, 0.2) is 0 Å². The van der Waals surface area contributed by atoms with Crippen molar-refractivity contribution < 1.29 is 13.7 Å². The van der Waals surface area contributed by atoms with Gasteiger partial charge in [-0.1, -0.05) is 0 Å². The molecule has 1 heterocycles. The Morgan fingerprint density at radius 2 is 1.64 bits per heavy atom. The van der Waals surface area contributed by atoms with Gasteiger partial charge in [-0.05, 0) is 65.5 Å². The quantitative estimate of drug-likeness (QED) is 0.804. The van der Waals surface area contributed by atoms with Crippen LogP contribution in [0.5, 0.6) is 5.75 Å². The van der Waals surface area contributed by atoms with Gasteiger partial charge < -0.3 is 13.7 Å². The van der Waals surface area contributed by atoms with Crippen LogP contribution in [0.2, 0.25) is 19.6 Å². The van der Waals surface area contributed by atoms with Crippen LogP contribution in [0, 0.1) is 11.3 Å². The fourth-order valence-electron chi connectivity index (χ4n) is 2.22. The molecule has 6 heteroatoms. The lowest BCUT2D eigenvalue weighted by molar-refractivity contribution is 0.00578. The van der Waals surface area contributed by atoms with Crippen LogP contribution in [0.3, 0.4) is 0 Å². The largest absolute Gasteiger partial charge is 0.544 e. The number of nitriles is 1. The van der Waals surface area contributed by atoms with E-state index in [1.54, 1.807) is 6.07 Å². The van der Waals surface area contributed by atoms with Crippen molar-refractivity contribution in [3.8, 4) is 11.8 Å². The second-order valence-corrected chi connectivity index (χ2v) is 12.1. The minimum atomic E-state index is -1.71. The smallest absolute Gasteiger partial charge is 0.496 e. The summed E-state index contributed by atoms with van der Waals surface area (Å²) in [6.45, 7) is 14.4. The Hall–Kier alpha value is -1.29. The molecule has 0 atom stereocenters. The Labute approximate surface area is 134 Å². The summed E-state index contributed by atoms with van der Waals surface area (Å²) < 4.78 is 18.1. The molecular formula is C16H24BNO3Si. The van der Waals surface area contributed by atoms with Gasteiger partial charge >= 0.3 is 7.12 Å². The molecule has 1 saturated heterocycles. The summed E-state index contributed by atoms with van der Waals surface area (Å²) in [6.07, 6.45) is 0. The van der Waals surface area contributed by atoms with E-state index in [2.05, 4.69) is 25.7 Å². The molecule has 1 aliphatic rings. The van der Waals surface area contributed by atoms with Gasteiger partial charge in [0.2, 0.25) is 8.32 Å². The Balaban J connectivity index is 2.38. The maximum atomic E-state index is 9.37. The average molecular weight is 317 g/mol. The zero-order valence-electron chi connectivity index (χ0n) is 14.5. The van der Waals surface area contributed by atoms with Crippen LogP contribution in [0.25, 0.3) is 0 Å². The third-order valence-corrected chi connectivity index (χ3v) is 4.92. The van der Waals surface area contributed by atoms with Crippen molar-refractivity contribution in [3.63, 3.8) is 0 Å². The molecule has 1 aromatic carbocycles. The van der Waals surface area contributed by atoms with Crippen LogP contribution in [-0.2, 0) is 9.31 Å². The summed E-state index contributed by atoms with van der Waals surface area (Å²) in [5, 5.41) is 9.37. The Kier molecular flexibility index (Phi) is 4.20. The van der Waals surface area contributed by atoms with Crippen molar-refractivity contribution >= 4 is 20.9 Å². The third-order valence-electron chi connectivity index (χ3n) is 4.07. The number of benzene rings is 1. The predicted octanol–water partition coefficient (Wildman–Crippen LogP) is 3.07. The minimum absolute atomic E-state index is 0.431. The van der Waals surface area contributed by atoms with E-state index < -0.39 is 26.6 Å². The van der Waals surface area contributed by atoms with Gasteiger partial charge in [-0.15, -0.1) is 0 Å². The molecule has 1 aromatic rings. The molecule has 22 heavy (non-hydrogen) atoms. The normalized spacial score (nSPS) is 19.8. The second-order valence-electron chi connectivity index (χ2n) is 7.66. The molecule has 0 radical (unpaired) electrons. The molecule has 0 bridgehead atoms. The molecule has 0 spiro atoms. The lowest BCUT2D eigenvalue weighted by atomic mass is 9.76. The van der Waals surface area contributed by atoms with Gasteiger partial charge in [0.05, 0.1) is 22.8 Å². The highest BCUT2D eigenvalue weighted by Crippen LogP contribution is 2.37. The first-order valence-electron chi connectivity index (χ1n) is 7.54. The molecule has 0 saturated carbocycles. The van der Waals surface area contributed by atoms with E-state index in [-0.39, 0.29) is 0 Å². The summed E-state index contributed by atoms with van der Waals surface area (Å²) in [5.41, 5.74) is 0.429. The van der Waals surface area contributed by atoms with Crippen molar-refractivity contribution in [2.75, 3.05) is 0 Å². The van der Waals surface area contributed by atoms with E-state index in [4.69, 9.17) is 13.7 Å². The van der Waals surface area contributed by atoms with Crippen LogP contribution >= 0.6 is 0 Å². The highest BCUT2D eigenvalue weighted by molar-refractivity contribution is 6.70. The van der Waals surface area contributed by atoms with Crippen molar-refractivity contribution in [1.82, 2.24) is 0 Å². The van der Waals surface area contributed by atoms with E-state index in [9.17, 15) is 5.26 Å². The van der Waals surface area contributed by atoms with E-state index in [0.29, 0.717) is 5.56 Å². The van der Waals surface area contributed by atoms with E-state index in [0.717, 1.165) is 11.2 Å². The van der Waals surface area contributed by atoms with Crippen LogP contribution in [0.4, 0.5) is 0 Å². The van der Waals surface area contributed by atoms with Gasteiger partial charge in [-0.2, -0.15) is 5.26 Å². The SMILES string of the molecule is CC1(C)OB(c2cc(O[Si](C)(C)C)ccc2C#N)OC1(C)C. The summed E-state index contributed by atoms with van der Waals surface area (Å²) in [7, 11) is -2.26. The maximum Gasteiger partial charge on any atom is 0.496 e. The summed E-state index contributed by atoms with van der Waals surface area (Å²) in [4.78, 5) is 0. The first kappa shape index (κ1) is 17.1. The van der Waals surface area contributed by atoms with Crippen LogP contribution in [-0.4, -0.2) is 26.6 Å². The zero-order chi connectivity index (χ0) is 16.8. The molecule has 2 rings (SSSR count). The van der Waals surface area contributed by atoms with Gasteiger partial charge in [0.25, 0.3) is 0 Å². The summed E-state index contributed by atoms with van der Waals surface area (Å²) >= 11 is 0. The Morgan fingerprint density at radius 3 is 2.09 bits per heavy atom. The first-order chi connectivity index (χ1) is 9.95. The van der Waals surface area contributed by atoms with E-state index >= 15 is 0 Å². The molecule has 0 aromatic heterocycles. The molecule has 0 N–H and O–H groups in total. The highest BCUT2D eigenvalue weighted by atomic mass is 28.4. The van der Waals surface area contributed by atoms with Crippen molar-refractivity contribution in [2.24, 2.45) is 0 Å². The molecule has 4 nitrogen and oxygen atoms in total. The first-order valence-corrected chi connectivity index (χ1v) is 10.9. The Morgan fingerprint density at radius 1 is 1.09 bits per heavy atom. The van der Waals surface area contributed by atoms with Crippen LogP contribution in [0.1, 0.15) is 33.3 Å². The van der Waals surface area contributed by atoms with Crippen molar-refractivity contribution in [3.05, 3.63) is 23.8 Å². The number of hydrogen-bond acceptors (Lipinski definition) is 4. The molecule has 1 aliphatic heterocycles. The third kappa shape index (κ3) is 3.37. The predicted molar refractivity (Wildman–Crippen MR) is 90.8 cm³/mol. The summed E-state index contributed by atoms with van der Waals surface area (Å²) in [6, 6.07) is 7.70. The lowest BCUT2D eigenvalue weighted by Crippen LogP contribution is -2.41. The molecule has 0 unspecified atom stereocenters. The number of hydrogen-bond donors (Lipinski definition) is 0. The monoisotopic (exact) mass is 317 g/mol. The molecule has 0 aliphatic carbocycles. The lowest BCUT2D eigenvalue weighted by Gasteiger charge is -2.32. The summed E-state index contributed by atoms with van der Waals surface area (Å²) in [5.74, 6) is 0.767. The highest BCUT2D eigenvalue weighted by Gasteiger charge is 2.52. The maximum absolute atomic E-state index is 9.37. The minimum Gasteiger partial charge on any atom is -0.544 e. The van der Waals surface area contributed by atoms with Gasteiger partial charge in [-0.3, -0.25) is 0 Å². The fourth-order valence-corrected chi connectivity index (χ4v) is 3.06. The van der Waals surface area contributed by atoms with Crippen LogP contribution < -0.4 is 9.89 Å². The Bertz CT molecular complexity index is 601. The van der Waals surface area contributed by atoms with Crippen molar-refractivity contribution in [1.29, 1.82) is 5.26 Å². The standard InChI is InChI=1S/C16H24BNO3Si/c1-15(2)16(3,4)21-17(20-15)14-10-13(19-22(5,6)7)9-8-12(14)11-18/h8-10H,1-7H3. The van der Waals surface area contributed by atoms with Gasteiger partial charge in [-0.25, -0.2) is 0 Å². The van der Waals surface area contributed by atoms with Crippen molar-refractivity contribution in [2.45, 2.75) is 58.5 Å². The molecule has 118 valence electrons. The van der Waals surface area contributed by atoms with E-state index in [1.807, 2.05) is 39.8 Å². The topological polar surface area (TPSA) is 51.5 Å². The molecule has 1 fully saturated rings. The van der Waals surface area contributed by atoms with Crippen LogP contribution in [0.15, 0.2) is 18.2 Å². The second kappa shape index (κ2) is 5.41. The average Bonchev–Trinajstić information content (AvgIpc) is 2.56. The molecule has 0 amide bonds. The van der Waals surface area contributed by atoms with Gasteiger partial charge in [0.1, 0.15) is 5.75 Å². The van der Waals surface area contributed by atoms with Gasteiger partial charge in [0, 0.05) is 5.46 Å². The number of rotatable bonds is 3.